The van der Waals surface area contributed by atoms with Crippen molar-refractivity contribution in [3.8, 4) is 5.75 Å². The average molecular weight is 423 g/mol. The first-order valence-electron chi connectivity index (χ1n) is 10.6. The molecule has 0 radical (unpaired) electrons. The van der Waals surface area contributed by atoms with Gasteiger partial charge in [-0.2, -0.15) is 0 Å². The van der Waals surface area contributed by atoms with E-state index in [0.29, 0.717) is 18.7 Å². The van der Waals surface area contributed by atoms with Gasteiger partial charge in [0.25, 0.3) is 0 Å². The predicted molar refractivity (Wildman–Crippen MR) is 123 cm³/mol. The summed E-state index contributed by atoms with van der Waals surface area (Å²) in [6, 6.07) is 10.9. The fraction of sp³-hybridized carbons (Fsp3) is 0.360. The second kappa shape index (κ2) is 9.69. The topological polar surface area (TPSA) is 80.6 Å². The first kappa shape index (κ1) is 22.4. The van der Waals surface area contributed by atoms with Crippen LogP contribution in [0.15, 0.2) is 36.4 Å². The Labute approximate surface area is 182 Å². The zero-order chi connectivity index (χ0) is 22.5. The minimum absolute atomic E-state index is 0.0327. The lowest BCUT2D eigenvalue weighted by atomic mass is 10.1. The van der Waals surface area contributed by atoms with E-state index in [1.807, 2.05) is 18.2 Å². The van der Waals surface area contributed by atoms with Gasteiger partial charge in [0.15, 0.2) is 0 Å². The fourth-order valence-electron chi connectivity index (χ4n) is 3.87. The first-order valence-corrected chi connectivity index (χ1v) is 10.6. The summed E-state index contributed by atoms with van der Waals surface area (Å²) in [5.74, 6) is -0.410. The molecule has 6 heteroatoms. The van der Waals surface area contributed by atoms with Gasteiger partial charge in [-0.3, -0.25) is 4.79 Å². The third-order valence-corrected chi connectivity index (χ3v) is 5.79. The number of carboxylic acids is 1. The molecule has 6 nitrogen and oxygen atoms in total. The highest BCUT2D eigenvalue weighted by Gasteiger charge is 2.15. The Morgan fingerprint density at radius 1 is 1.10 bits per heavy atom. The molecule has 0 aliphatic carbocycles. The lowest BCUT2D eigenvalue weighted by Gasteiger charge is -2.14. The number of carbonyl (C=O) groups is 2. The van der Waals surface area contributed by atoms with Crippen molar-refractivity contribution in [1.29, 1.82) is 0 Å². The highest BCUT2D eigenvalue weighted by Crippen LogP contribution is 2.30. The van der Waals surface area contributed by atoms with Crippen molar-refractivity contribution in [2.24, 2.45) is 0 Å². The number of fused-ring (bicyclic) bond motifs is 1. The van der Waals surface area contributed by atoms with Crippen LogP contribution in [-0.4, -0.2) is 28.7 Å². The molecule has 3 rings (SSSR count). The van der Waals surface area contributed by atoms with E-state index in [0.717, 1.165) is 47.1 Å². The molecule has 0 unspecified atom stereocenters. The lowest BCUT2D eigenvalue weighted by molar-refractivity contribution is -0.116. The van der Waals surface area contributed by atoms with E-state index in [4.69, 9.17) is 4.74 Å². The summed E-state index contributed by atoms with van der Waals surface area (Å²) < 4.78 is 7.63. The van der Waals surface area contributed by atoms with Gasteiger partial charge in [-0.05, 0) is 50.1 Å². The Bertz CT molecular complexity index is 1110. The molecule has 0 aliphatic rings. The van der Waals surface area contributed by atoms with Crippen LogP contribution >= 0.6 is 0 Å². The number of rotatable bonds is 9. The number of amides is 1. The predicted octanol–water partition coefficient (Wildman–Crippen LogP) is 5.53. The number of nitrogens with zero attached hydrogens (tertiary/aromatic N) is 1. The SMILES string of the molecule is CCCCCC(=O)Nc1ccc2c(C)c(C)n(Cc3ccc(C(=O)O)cc3OC)c2c1. The van der Waals surface area contributed by atoms with Gasteiger partial charge in [0.1, 0.15) is 5.75 Å². The van der Waals surface area contributed by atoms with Gasteiger partial charge in [0.2, 0.25) is 5.91 Å². The Balaban J connectivity index is 1.94. The summed E-state index contributed by atoms with van der Waals surface area (Å²) in [4.78, 5) is 23.5. The number of unbranched alkanes of at least 4 members (excludes halogenated alkanes) is 2. The van der Waals surface area contributed by atoms with Crippen molar-refractivity contribution in [3.05, 3.63) is 58.8 Å². The fourth-order valence-corrected chi connectivity index (χ4v) is 3.87. The first-order chi connectivity index (χ1) is 14.8. The summed E-state index contributed by atoms with van der Waals surface area (Å²) in [5.41, 5.74) is 5.18. The maximum absolute atomic E-state index is 12.3. The summed E-state index contributed by atoms with van der Waals surface area (Å²) in [7, 11) is 1.54. The number of nitrogens with one attached hydrogen (secondary N) is 1. The molecule has 1 amide bonds. The standard InChI is InChI=1S/C25H30N2O4/c1-5-6-7-8-24(28)26-20-11-12-21-16(2)17(3)27(22(21)14-20)15-19-10-9-18(25(29)30)13-23(19)31-4/h9-14H,5-8,15H2,1-4H3,(H,26,28)(H,29,30). The van der Waals surface area contributed by atoms with Crippen molar-refractivity contribution in [3.63, 3.8) is 0 Å². The van der Waals surface area contributed by atoms with E-state index in [1.54, 1.807) is 25.3 Å². The highest BCUT2D eigenvalue weighted by atomic mass is 16.5. The van der Waals surface area contributed by atoms with Gasteiger partial charge in [-0.25, -0.2) is 4.79 Å². The number of hydrogen-bond donors (Lipinski definition) is 2. The van der Waals surface area contributed by atoms with E-state index in [2.05, 4.69) is 30.7 Å². The molecular formula is C25H30N2O4. The van der Waals surface area contributed by atoms with Gasteiger partial charge < -0.3 is 19.7 Å². The quantitative estimate of drug-likeness (QED) is 0.444. The molecule has 0 saturated heterocycles. The lowest BCUT2D eigenvalue weighted by Crippen LogP contribution is -2.11. The summed E-state index contributed by atoms with van der Waals surface area (Å²) in [6.45, 7) is 6.81. The second-order valence-corrected chi connectivity index (χ2v) is 7.87. The van der Waals surface area contributed by atoms with E-state index in [-0.39, 0.29) is 11.5 Å². The Kier molecular flexibility index (Phi) is 7.00. The van der Waals surface area contributed by atoms with Crippen LogP contribution in [0.2, 0.25) is 0 Å². The maximum Gasteiger partial charge on any atom is 0.335 e. The van der Waals surface area contributed by atoms with E-state index in [9.17, 15) is 14.7 Å². The van der Waals surface area contributed by atoms with Crippen LogP contribution in [0.1, 0.15) is 59.8 Å². The maximum atomic E-state index is 12.3. The number of methoxy groups -OCH3 is 1. The van der Waals surface area contributed by atoms with Crippen molar-refractivity contribution in [2.75, 3.05) is 12.4 Å². The molecule has 0 bridgehead atoms. The second-order valence-electron chi connectivity index (χ2n) is 7.87. The van der Waals surface area contributed by atoms with Crippen molar-refractivity contribution in [1.82, 2.24) is 4.57 Å². The zero-order valence-corrected chi connectivity index (χ0v) is 18.6. The third-order valence-electron chi connectivity index (χ3n) is 5.79. The molecule has 3 aromatic rings. The molecule has 31 heavy (non-hydrogen) atoms. The molecular weight excluding hydrogens is 392 g/mol. The molecule has 0 atom stereocenters. The van der Waals surface area contributed by atoms with Gasteiger partial charge in [-0.1, -0.05) is 31.9 Å². The molecule has 2 aromatic carbocycles. The summed E-state index contributed by atoms with van der Waals surface area (Å²) >= 11 is 0. The number of carboxylic acid groups (broad SMARTS) is 1. The number of carbonyl (C=O) groups excluding carboxylic acids is 1. The number of anilines is 1. The Hall–Kier alpha value is -3.28. The molecule has 1 aromatic heterocycles. The van der Waals surface area contributed by atoms with E-state index in [1.165, 1.54) is 5.56 Å². The van der Waals surface area contributed by atoms with Crippen LogP contribution < -0.4 is 10.1 Å². The van der Waals surface area contributed by atoms with E-state index < -0.39 is 5.97 Å². The van der Waals surface area contributed by atoms with Crippen LogP contribution in [-0.2, 0) is 11.3 Å². The van der Waals surface area contributed by atoms with Gasteiger partial charge >= 0.3 is 5.97 Å². The minimum Gasteiger partial charge on any atom is -0.496 e. The number of ether oxygens (including phenoxy) is 1. The van der Waals surface area contributed by atoms with Gasteiger partial charge in [0.05, 0.1) is 24.7 Å². The molecule has 164 valence electrons. The minimum atomic E-state index is -0.984. The van der Waals surface area contributed by atoms with E-state index >= 15 is 0 Å². The number of benzene rings is 2. The van der Waals surface area contributed by atoms with Crippen LogP contribution in [0.4, 0.5) is 5.69 Å². The Morgan fingerprint density at radius 2 is 1.87 bits per heavy atom. The number of hydrogen-bond acceptors (Lipinski definition) is 3. The van der Waals surface area contributed by atoms with Gasteiger partial charge in [-0.15, -0.1) is 0 Å². The molecule has 0 saturated carbocycles. The summed E-state index contributed by atoms with van der Waals surface area (Å²) in [6.07, 6.45) is 3.56. The monoisotopic (exact) mass is 422 g/mol. The molecule has 0 aliphatic heterocycles. The smallest absolute Gasteiger partial charge is 0.335 e. The third kappa shape index (κ3) is 4.90. The molecule has 0 spiro atoms. The zero-order valence-electron chi connectivity index (χ0n) is 18.6. The van der Waals surface area contributed by atoms with Gasteiger partial charge in [0, 0.05) is 28.8 Å². The van der Waals surface area contributed by atoms with Crippen molar-refractivity contribution in [2.45, 2.75) is 53.0 Å². The van der Waals surface area contributed by atoms with Crippen molar-refractivity contribution >= 4 is 28.5 Å². The number of aryl methyl sites for hydroxylation is 1. The average Bonchev–Trinajstić information content (AvgIpc) is 2.98. The number of aromatic nitrogens is 1. The highest BCUT2D eigenvalue weighted by molar-refractivity contribution is 5.95. The Morgan fingerprint density at radius 3 is 2.55 bits per heavy atom. The molecule has 0 fully saturated rings. The van der Waals surface area contributed by atoms with Crippen LogP contribution in [0, 0.1) is 13.8 Å². The molecule has 1 heterocycles. The molecule has 2 N–H and O–H groups in total. The largest absolute Gasteiger partial charge is 0.496 e. The summed E-state index contributed by atoms with van der Waals surface area (Å²) in [5, 5.41) is 13.4. The number of aromatic carboxylic acids is 1. The van der Waals surface area contributed by atoms with Crippen LogP contribution in [0.25, 0.3) is 10.9 Å². The van der Waals surface area contributed by atoms with Crippen LogP contribution in [0.5, 0.6) is 5.75 Å². The van der Waals surface area contributed by atoms with Crippen molar-refractivity contribution < 1.29 is 19.4 Å². The normalized spacial score (nSPS) is 11.0. The van der Waals surface area contributed by atoms with Crippen LogP contribution in [0.3, 0.4) is 0 Å².